The van der Waals surface area contributed by atoms with Gasteiger partial charge in [0.2, 0.25) is 0 Å². The second-order valence-electron chi connectivity index (χ2n) is 4.01. The van der Waals surface area contributed by atoms with E-state index >= 15 is 0 Å². The van der Waals surface area contributed by atoms with Crippen molar-refractivity contribution in [1.82, 2.24) is 20.7 Å². The largest absolute Gasteiger partial charge is 0.362 e. The van der Waals surface area contributed by atoms with Gasteiger partial charge >= 0.3 is 0 Å². The molecular weight excluding hydrogens is 208 g/mol. The number of hydrogen-bond donors (Lipinski definition) is 2. The summed E-state index contributed by atoms with van der Waals surface area (Å²) in [7, 11) is 2.15. The quantitative estimate of drug-likeness (QED) is 0.540. The van der Waals surface area contributed by atoms with Crippen molar-refractivity contribution in [1.29, 1.82) is 0 Å². The normalized spacial score (nSPS) is 18.8. The molecule has 0 amide bonds. The van der Waals surface area contributed by atoms with E-state index in [0.717, 1.165) is 37.8 Å². The molecule has 1 heterocycles. The van der Waals surface area contributed by atoms with E-state index in [1.807, 2.05) is 0 Å². The Morgan fingerprint density at radius 3 is 2.53 bits per heavy atom. The molecule has 0 aromatic heterocycles. The van der Waals surface area contributed by atoms with Crippen LogP contribution in [0.15, 0.2) is 0 Å². The Hall–Kier alpha value is -0.390. The number of rotatable bonds is 4. The number of unbranched alkanes of at least 4 members (excludes halogenated alkanes) is 1. The fraction of sp³-hybridized carbons (Fsp3) is 0.900. The maximum atomic E-state index is 5.20. The van der Waals surface area contributed by atoms with E-state index in [1.54, 1.807) is 0 Å². The highest BCUT2D eigenvalue weighted by molar-refractivity contribution is 7.80. The van der Waals surface area contributed by atoms with Crippen molar-refractivity contribution in [2.24, 2.45) is 0 Å². The molecule has 1 rings (SSSR count). The van der Waals surface area contributed by atoms with Gasteiger partial charge in [0.1, 0.15) is 0 Å². The van der Waals surface area contributed by atoms with Crippen molar-refractivity contribution in [2.75, 3.05) is 39.8 Å². The minimum absolute atomic E-state index is 0.757. The van der Waals surface area contributed by atoms with Gasteiger partial charge in [0.25, 0.3) is 0 Å². The Balaban J connectivity index is 2.09. The average molecular weight is 230 g/mol. The molecule has 4 nitrogen and oxygen atoms in total. The smallest absolute Gasteiger partial charge is 0.181 e. The molecule has 5 heteroatoms. The second kappa shape index (κ2) is 6.98. The third-order valence-corrected chi connectivity index (χ3v) is 2.81. The molecule has 0 atom stereocenters. The lowest BCUT2D eigenvalue weighted by Crippen LogP contribution is -2.54. The lowest BCUT2D eigenvalue weighted by molar-refractivity contribution is 0.130. The number of hydrazine groups is 1. The molecular formula is C10H22N4S. The Kier molecular flexibility index (Phi) is 5.90. The predicted octanol–water partition coefficient (Wildman–Crippen LogP) is 0.413. The summed E-state index contributed by atoms with van der Waals surface area (Å²) in [6, 6.07) is 0. The van der Waals surface area contributed by atoms with E-state index < -0.39 is 0 Å². The SMILES string of the molecule is CCCCNC(=S)NN1CCN(C)CC1. The highest BCUT2D eigenvalue weighted by Gasteiger charge is 2.13. The first kappa shape index (κ1) is 12.7. The molecule has 1 saturated heterocycles. The van der Waals surface area contributed by atoms with E-state index in [-0.39, 0.29) is 0 Å². The van der Waals surface area contributed by atoms with Crippen LogP contribution in [0.2, 0.25) is 0 Å². The van der Waals surface area contributed by atoms with Crippen molar-refractivity contribution in [3.05, 3.63) is 0 Å². The maximum Gasteiger partial charge on any atom is 0.181 e. The van der Waals surface area contributed by atoms with Crippen molar-refractivity contribution in [2.45, 2.75) is 19.8 Å². The summed E-state index contributed by atoms with van der Waals surface area (Å²) in [5.41, 5.74) is 3.23. The molecule has 0 saturated carbocycles. The molecule has 1 aliphatic rings. The minimum atomic E-state index is 0.757. The van der Waals surface area contributed by atoms with Gasteiger partial charge in [-0.15, -0.1) is 0 Å². The van der Waals surface area contributed by atoms with Crippen LogP contribution in [0.4, 0.5) is 0 Å². The summed E-state index contributed by atoms with van der Waals surface area (Å²) in [5, 5.41) is 6.15. The third-order valence-electron chi connectivity index (χ3n) is 2.58. The van der Waals surface area contributed by atoms with Crippen molar-refractivity contribution in [3.8, 4) is 0 Å². The zero-order valence-electron chi connectivity index (χ0n) is 9.75. The monoisotopic (exact) mass is 230 g/mol. The molecule has 88 valence electrons. The molecule has 0 aromatic carbocycles. The fourth-order valence-corrected chi connectivity index (χ4v) is 1.71. The van der Waals surface area contributed by atoms with Crippen LogP contribution in [0.3, 0.4) is 0 Å². The molecule has 0 spiro atoms. The lowest BCUT2D eigenvalue weighted by atomic mass is 10.3. The average Bonchev–Trinajstić information content (AvgIpc) is 2.22. The summed E-state index contributed by atoms with van der Waals surface area (Å²) < 4.78 is 0. The first-order valence-electron chi connectivity index (χ1n) is 5.70. The van der Waals surface area contributed by atoms with Gasteiger partial charge in [-0.2, -0.15) is 0 Å². The third kappa shape index (κ3) is 5.30. The molecule has 0 bridgehead atoms. The van der Waals surface area contributed by atoms with Crippen LogP contribution in [-0.4, -0.2) is 54.8 Å². The number of likely N-dealkylation sites (N-methyl/N-ethyl adjacent to an activating group) is 1. The number of hydrogen-bond acceptors (Lipinski definition) is 3. The van der Waals surface area contributed by atoms with Crippen molar-refractivity contribution in [3.63, 3.8) is 0 Å². The van der Waals surface area contributed by atoms with E-state index in [1.165, 1.54) is 12.8 Å². The Morgan fingerprint density at radius 1 is 1.27 bits per heavy atom. The topological polar surface area (TPSA) is 30.5 Å². The van der Waals surface area contributed by atoms with Crippen LogP contribution in [0.1, 0.15) is 19.8 Å². The van der Waals surface area contributed by atoms with Crippen molar-refractivity contribution >= 4 is 17.3 Å². The summed E-state index contributed by atoms with van der Waals surface area (Å²) in [6.07, 6.45) is 2.37. The first-order chi connectivity index (χ1) is 7.22. The molecule has 1 aliphatic heterocycles. The molecule has 1 fully saturated rings. The Bertz CT molecular complexity index is 190. The predicted molar refractivity (Wildman–Crippen MR) is 67.7 cm³/mol. The van der Waals surface area contributed by atoms with Crippen LogP contribution in [0.5, 0.6) is 0 Å². The molecule has 0 aliphatic carbocycles. The summed E-state index contributed by atoms with van der Waals surface area (Å²) in [4.78, 5) is 2.33. The zero-order valence-corrected chi connectivity index (χ0v) is 10.6. The molecule has 15 heavy (non-hydrogen) atoms. The number of piperazine rings is 1. The Morgan fingerprint density at radius 2 is 1.93 bits per heavy atom. The first-order valence-corrected chi connectivity index (χ1v) is 6.11. The highest BCUT2D eigenvalue weighted by Crippen LogP contribution is 1.95. The number of nitrogens with one attached hydrogen (secondary N) is 2. The van der Waals surface area contributed by atoms with Gasteiger partial charge < -0.3 is 10.2 Å². The van der Waals surface area contributed by atoms with Crippen LogP contribution in [-0.2, 0) is 0 Å². The van der Waals surface area contributed by atoms with Gasteiger partial charge in [-0.05, 0) is 25.7 Å². The van der Waals surface area contributed by atoms with E-state index in [0.29, 0.717) is 0 Å². The van der Waals surface area contributed by atoms with E-state index in [4.69, 9.17) is 12.2 Å². The number of nitrogens with zero attached hydrogens (tertiary/aromatic N) is 2. The second-order valence-corrected chi connectivity index (χ2v) is 4.42. The van der Waals surface area contributed by atoms with Gasteiger partial charge in [-0.25, -0.2) is 5.01 Å². The molecule has 2 N–H and O–H groups in total. The fourth-order valence-electron chi connectivity index (χ4n) is 1.48. The van der Waals surface area contributed by atoms with Gasteiger partial charge in [0.05, 0.1) is 0 Å². The van der Waals surface area contributed by atoms with Gasteiger partial charge in [-0.1, -0.05) is 13.3 Å². The van der Waals surface area contributed by atoms with Crippen LogP contribution in [0.25, 0.3) is 0 Å². The minimum Gasteiger partial charge on any atom is -0.362 e. The van der Waals surface area contributed by atoms with Crippen LogP contribution < -0.4 is 10.7 Å². The molecule has 0 radical (unpaired) electrons. The van der Waals surface area contributed by atoms with Crippen LogP contribution in [0, 0.1) is 0 Å². The molecule has 0 unspecified atom stereocenters. The van der Waals surface area contributed by atoms with E-state index in [2.05, 4.69) is 34.6 Å². The lowest BCUT2D eigenvalue weighted by Gasteiger charge is -2.33. The zero-order chi connectivity index (χ0) is 11.1. The van der Waals surface area contributed by atoms with Gasteiger partial charge in [0, 0.05) is 32.7 Å². The maximum absolute atomic E-state index is 5.20. The Labute approximate surface area is 98.0 Å². The summed E-state index contributed by atoms with van der Waals surface area (Å²) in [6.45, 7) is 7.42. The molecule has 0 aromatic rings. The number of thiocarbonyl (C=S) groups is 1. The summed E-state index contributed by atoms with van der Waals surface area (Å²) >= 11 is 5.20. The van der Waals surface area contributed by atoms with Gasteiger partial charge in [0.15, 0.2) is 5.11 Å². The van der Waals surface area contributed by atoms with E-state index in [9.17, 15) is 0 Å². The van der Waals surface area contributed by atoms with Crippen molar-refractivity contribution < 1.29 is 0 Å². The highest BCUT2D eigenvalue weighted by atomic mass is 32.1. The summed E-state index contributed by atoms with van der Waals surface area (Å²) in [5.74, 6) is 0. The van der Waals surface area contributed by atoms with Crippen LogP contribution >= 0.6 is 12.2 Å². The standard InChI is InChI=1S/C10H22N4S/c1-3-4-5-11-10(15)12-14-8-6-13(2)7-9-14/h3-9H2,1-2H3,(H2,11,12,15). The van der Waals surface area contributed by atoms with Gasteiger partial charge in [-0.3, -0.25) is 5.43 Å².